The van der Waals surface area contributed by atoms with Gasteiger partial charge in [0.25, 0.3) is 0 Å². The third kappa shape index (κ3) is 3.77. The number of hydrogen-bond donors (Lipinski definition) is 3. The average molecular weight is 254 g/mol. The minimum absolute atomic E-state index is 0.216. The van der Waals surface area contributed by atoms with Crippen molar-refractivity contribution in [1.82, 2.24) is 0 Å². The largest absolute Gasteiger partial charge is 0.396 e. The lowest BCUT2D eigenvalue weighted by molar-refractivity contribution is -0.146. The Hall–Kier alpha value is -0.970. The maximum Gasteiger partial charge on any atom is 0.169 e. The summed E-state index contributed by atoms with van der Waals surface area (Å²) in [6.07, 6.45) is 7.57. The van der Waals surface area contributed by atoms with E-state index in [1.807, 2.05) is 24.3 Å². The lowest BCUT2D eigenvalue weighted by atomic mass is 9.75. The van der Waals surface area contributed by atoms with Crippen LogP contribution in [0.2, 0.25) is 0 Å². The lowest BCUT2D eigenvalue weighted by Gasteiger charge is -2.33. The average Bonchev–Trinajstić information content (AvgIpc) is 2.36. The Bertz CT molecular complexity index is 322. The van der Waals surface area contributed by atoms with Crippen molar-refractivity contribution in [2.75, 3.05) is 6.61 Å². The van der Waals surface area contributed by atoms with Gasteiger partial charge in [-0.3, -0.25) is 4.79 Å². The van der Waals surface area contributed by atoms with Crippen LogP contribution >= 0.6 is 0 Å². The Morgan fingerprint density at radius 3 is 2.67 bits per heavy atom. The molecule has 4 atom stereocenters. The molecule has 102 valence electrons. The van der Waals surface area contributed by atoms with Crippen molar-refractivity contribution >= 4 is 5.78 Å². The van der Waals surface area contributed by atoms with E-state index in [0.717, 1.165) is 12.8 Å². The van der Waals surface area contributed by atoms with E-state index >= 15 is 0 Å². The van der Waals surface area contributed by atoms with Gasteiger partial charge in [-0.15, -0.1) is 0 Å². The van der Waals surface area contributed by atoms with E-state index in [0.29, 0.717) is 6.42 Å². The van der Waals surface area contributed by atoms with Crippen LogP contribution in [0.25, 0.3) is 0 Å². The summed E-state index contributed by atoms with van der Waals surface area (Å²) in [7, 11) is 0. The molecule has 0 heterocycles. The Labute approximate surface area is 108 Å². The van der Waals surface area contributed by atoms with Gasteiger partial charge in [-0.2, -0.15) is 0 Å². The highest BCUT2D eigenvalue weighted by Gasteiger charge is 2.40. The minimum Gasteiger partial charge on any atom is -0.396 e. The summed E-state index contributed by atoms with van der Waals surface area (Å²) in [6.45, 7) is 1.80. The van der Waals surface area contributed by atoms with Crippen LogP contribution in [-0.2, 0) is 4.79 Å². The molecule has 18 heavy (non-hydrogen) atoms. The SMILES string of the molecule is CCC/C=C/C=C/C1C[C@@H](O)[C@@H](O)C(=O)C1CO. The van der Waals surface area contributed by atoms with Gasteiger partial charge in [0, 0.05) is 5.92 Å². The minimum atomic E-state index is -1.36. The van der Waals surface area contributed by atoms with E-state index in [-0.39, 0.29) is 12.5 Å². The molecule has 0 radical (unpaired) electrons. The molecule has 3 N–H and O–H groups in total. The monoisotopic (exact) mass is 254 g/mol. The number of rotatable bonds is 5. The molecule has 1 saturated carbocycles. The molecule has 0 aromatic carbocycles. The summed E-state index contributed by atoms with van der Waals surface area (Å²) < 4.78 is 0. The van der Waals surface area contributed by atoms with Crippen LogP contribution in [0.1, 0.15) is 26.2 Å². The Balaban J connectivity index is 2.65. The van der Waals surface area contributed by atoms with E-state index < -0.39 is 23.9 Å². The van der Waals surface area contributed by atoms with E-state index in [1.54, 1.807) is 0 Å². The van der Waals surface area contributed by atoms with Crippen LogP contribution in [0.3, 0.4) is 0 Å². The van der Waals surface area contributed by atoms with Crippen LogP contribution in [0, 0.1) is 11.8 Å². The molecule has 0 aromatic rings. The zero-order chi connectivity index (χ0) is 13.5. The molecular weight excluding hydrogens is 232 g/mol. The molecule has 4 nitrogen and oxygen atoms in total. The van der Waals surface area contributed by atoms with E-state index in [4.69, 9.17) is 0 Å². The van der Waals surface area contributed by atoms with Crippen molar-refractivity contribution in [1.29, 1.82) is 0 Å². The molecule has 1 aliphatic carbocycles. The van der Waals surface area contributed by atoms with E-state index in [2.05, 4.69) is 6.92 Å². The molecule has 1 aliphatic rings. The molecule has 0 spiro atoms. The summed E-state index contributed by atoms with van der Waals surface area (Å²) in [4.78, 5) is 11.7. The number of Topliss-reactive ketones (excluding diaryl/α,β-unsaturated/α-hetero) is 1. The summed E-state index contributed by atoms with van der Waals surface area (Å²) in [6, 6.07) is 0. The highest BCUT2D eigenvalue weighted by Crippen LogP contribution is 2.28. The van der Waals surface area contributed by atoms with Gasteiger partial charge in [-0.25, -0.2) is 0 Å². The molecular formula is C14H22O4. The fraction of sp³-hybridized carbons (Fsp3) is 0.643. The summed E-state index contributed by atoms with van der Waals surface area (Å²) in [5.74, 6) is -1.30. The van der Waals surface area contributed by atoms with Crippen molar-refractivity contribution in [2.24, 2.45) is 11.8 Å². The van der Waals surface area contributed by atoms with Crippen molar-refractivity contribution in [2.45, 2.75) is 38.4 Å². The smallest absolute Gasteiger partial charge is 0.169 e. The van der Waals surface area contributed by atoms with Gasteiger partial charge in [0.05, 0.1) is 12.7 Å². The second-order valence-corrected chi connectivity index (χ2v) is 4.70. The normalized spacial score (nSPS) is 33.7. The Morgan fingerprint density at radius 1 is 1.33 bits per heavy atom. The van der Waals surface area contributed by atoms with Gasteiger partial charge >= 0.3 is 0 Å². The number of carbonyl (C=O) groups is 1. The van der Waals surface area contributed by atoms with Crippen molar-refractivity contribution in [3.8, 4) is 0 Å². The molecule has 0 aromatic heterocycles. The second-order valence-electron chi connectivity index (χ2n) is 4.70. The van der Waals surface area contributed by atoms with Gasteiger partial charge in [-0.1, -0.05) is 37.6 Å². The number of aliphatic hydroxyl groups excluding tert-OH is 3. The van der Waals surface area contributed by atoms with Gasteiger partial charge in [0.15, 0.2) is 5.78 Å². The predicted octanol–water partition coefficient (Wildman–Crippen LogP) is 0.818. The maximum absolute atomic E-state index is 11.7. The fourth-order valence-corrected chi connectivity index (χ4v) is 2.18. The maximum atomic E-state index is 11.7. The first kappa shape index (κ1) is 15.1. The van der Waals surface area contributed by atoms with Crippen molar-refractivity contribution in [3.05, 3.63) is 24.3 Å². The molecule has 1 fully saturated rings. The van der Waals surface area contributed by atoms with Crippen LogP contribution in [0.15, 0.2) is 24.3 Å². The van der Waals surface area contributed by atoms with Crippen LogP contribution in [0.4, 0.5) is 0 Å². The highest BCUT2D eigenvalue weighted by atomic mass is 16.3. The van der Waals surface area contributed by atoms with Gasteiger partial charge < -0.3 is 15.3 Å². The number of ketones is 1. The van der Waals surface area contributed by atoms with Crippen molar-refractivity contribution < 1.29 is 20.1 Å². The third-order valence-corrected chi connectivity index (χ3v) is 3.31. The first-order valence-corrected chi connectivity index (χ1v) is 6.45. The zero-order valence-electron chi connectivity index (χ0n) is 10.7. The van der Waals surface area contributed by atoms with Gasteiger partial charge in [0.1, 0.15) is 6.10 Å². The Kier molecular flexibility index (Phi) is 6.25. The molecule has 1 rings (SSSR count). The van der Waals surface area contributed by atoms with E-state index in [9.17, 15) is 20.1 Å². The number of unbranched alkanes of at least 4 members (excludes halogenated alkanes) is 1. The van der Waals surface area contributed by atoms with Gasteiger partial charge in [0.2, 0.25) is 0 Å². The van der Waals surface area contributed by atoms with Crippen LogP contribution in [-0.4, -0.2) is 39.9 Å². The number of aliphatic hydroxyl groups is 3. The molecule has 2 unspecified atom stereocenters. The Morgan fingerprint density at radius 2 is 2.06 bits per heavy atom. The summed E-state index contributed by atoms with van der Waals surface area (Å²) >= 11 is 0. The molecule has 4 heteroatoms. The first-order chi connectivity index (χ1) is 8.61. The standard InChI is InChI=1S/C14H22O4/c1-2-3-4-5-6-7-10-8-12(16)14(18)13(17)11(10)9-15/h4-7,10-12,14-16,18H,2-3,8-9H2,1H3/b5-4+,7-6+/t10?,11?,12-,14-/m1/s1. The highest BCUT2D eigenvalue weighted by molar-refractivity contribution is 5.87. The van der Waals surface area contributed by atoms with Crippen LogP contribution < -0.4 is 0 Å². The van der Waals surface area contributed by atoms with Crippen molar-refractivity contribution in [3.63, 3.8) is 0 Å². The third-order valence-electron chi connectivity index (χ3n) is 3.31. The molecule has 0 bridgehead atoms. The fourth-order valence-electron chi connectivity index (χ4n) is 2.18. The number of allylic oxidation sites excluding steroid dienone is 4. The van der Waals surface area contributed by atoms with Crippen LogP contribution in [0.5, 0.6) is 0 Å². The first-order valence-electron chi connectivity index (χ1n) is 6.45. The zero-order valence-corrected chi connectivity index (χ0v) is 10.7. The quantitative estimate of drug-likeness (QED) is 0.635. The predicted molar refractivity (Wildman–Crippen MR) is 68.9 cm³/mol. The lowest BCUT2D eigenvalue weighted by Crippen LogP contribution is -2.48. The van der Waals surface area contributed by atoms with E-state index in [1.165, 1.54) is 0 Å². The second kappa shape index (κ2) is 7.46. The topological polar surface area (TPSA) is 77.8 Å². The molecule has 0 saturated heterocycles. The van der Waals surface area contributed by atoms with Gasteiger partial charge in [-0.05, 0) is 18.8 Å². The molecule has 0 amide bonds. The summed E-state index contributed by atoms with van der Waals surface area (Å²) in [5.41, 5.74) is 0. The number of hydrogen-bond acceptors (Lipinski definition) is 4. The molecule has 0 aliphatic heterocycles. The summed E-state index contributed by atoms with van der Waals surface area (Å²) in [5, 5.41) is 28.2. The number of carbonyl (C=O) groups excluding carboxylic acids is 1.